The number of rotatable bonds is 4. The fourth-order valence-corrected chi connectivity index (χ4v) is 3.11. The lowest BCUT2D eigenvalue weighted by molar-refractivity contribution is 0.197. The van der Waals surface area contributed by atoms with Crippen LogP contribution >= 0.6 is 0 Å². The first-order valence-electron chi connectivity index (χ1n) is 7.98. The molecule has 3 aromatic rings. The predicted molar refractivity (Wildman–Crippen MR) is 89.4 cm³/mol. The maximum absolute atomic E-state index is 13.3. The van der Waals surface area contributed by atoms with Crippen LogP contribution in [-0.2, 0) is 6.54 Å². The van der Waals surface area contributed by atoms with Gasteiger partial charge < -0.3 is 4.90 Å². The SMILES string of the molecule is Cc1nnc2c(N3CC(N(C)Cc4cccc(F)c4)C3)nccn12. The first-order valence-corrected chi connectivity index (χ1v) is 7.98. The number of hydrogen-bond acceptors (Lipinski definition) is 5. The largest absolute Gasteiger partial charge is 0.350 e. The fourth-order valence-electron chi connectivity index (χ4n) is 3.11. The second-order valence-corrected chi connectivity index (χ2v) is 6.30. The van der Waals surface area contributed by atoms with Crippen molar-refractivity contribution in [2.24, 2.45) is 0 Å². The summed E-state index contributed by atoms with van der Waals surface area (Å²) in [6, 6.07) is 7.19. The van der Waals surface area contributed by atoms with Gasteiger partial charge in [0.1, 0.15) is 11.6 Å². The molecule has 1 saturated heterocycles. The number of likely N-dealkylation sites (N-methyl/N-ethyl adjacent to an activating group) is 1. The Kier molecular flexibility index (Phi) is 3.65. The van der Waals surface area contributed by atoms with Gasteiger partial charge in [-0.05, 0) is 31.7 Å². The van der Waals surface area contributed by atoms with Gasteiger partial charge in [0.05, 0.1) is 0 Å². The summed E-state index contributed by atoms with van der Waals surface area (Å²) >= 11 is 0. The molecule has 0 bridgehead atoms. The van der Waals surface area contributed by atoms with E-state index in [0.717, 1.165) is 42.5 Å². The fraction of sp³-hybridized carbons (Fsp3) is 0.353. The van der Waals surface area contributed by atoms with E-state index in [1.54, 1.807) is 18.3 Å². The number of hydrogen-bond donors (Lipinski definition) is 0. The van der Waals surface area contributed by atoms with Crippen molar-refractivity contribution in [2.45, 2.75) is 19.5 Å². The molecule has 0 spiro atoms. The summed E-state index contributed by atoms with van der Waals surface area (Å²) in [6.07, 6.45) is 3.66. The molecule has 0 saturated carbocycles. The van der Waals surface area contributed by atoms with E-state index in [1.165, 1.54) is 6.07 Å². The molecular formula is C17H19FN6. The Morgan fingerprint density at radius 3 is 2.92 bits per heavy atom. The Balaban J connectivity index is 1.44. The van der Waals surface area contributed by atoms with Crippen LogP contribution in [0.15, 0.2) is 36.7 Å². The Hall–Kier alpha value is -2.54. The van der Waals surface area contributed by atoms with Crippen LogP contribution in [0, 0.1) is 12.7 Å². The van der Waals surface area contributed by atoms with Crippen molar-refractivity contribution in [3.05, 3.63) is 53.9 Å². The normalized spacial score (nSPS) is 15.2. The summed E-state index contributed by atoms with van der Waals surface area (Å²) in [4.78, 5) is 8.92. The highest BCUT2D eigenvalue weighted by Crippen LogP contribution is 2.25. The molecule has 1 fully saturated rings. The number of fused-ring (bicyclic) bond motifs is 1. The van der Waals surface area contributed by atoms with Crippen molar-refractivity contribution in [1.82, 2.24) is 24.5 Å². The van der Waals surface area contributed by atoms with Crippen LogP contribution in [0.1, 0.15) is 11.4 Å². The highest BCUT2D eigenvalue weighted by Gasteiger charge is 2.32. The van der Waals surface area contributed by atoms with Crippen LogP contribution in [0.3, 0.4) is 0 Å². The maximum Gasteiger partial charge on any atom is 0.203 e. The van der Waals surface area contributed by atoms with Gasteiger partial charge in [-0.2, -0.15) is 0 Å². The summed E-state index contributed by atoms with van der Waals surface area (Å²) in [6.45, 7) is 4.42. The van der Waals surface area contributed by atoms with Crippen molar-refractivity contribution in [1.29, 1.82) is 0 Å². The Morgan fingerprint density at radius 2 is 2.12 bits per heavy atom. The molecule has 4 rings (SSSR count). The van der Waals surface area contributed by atoms with E-state index < -0.39 is 0 Å². The molecule has 0 amide bonds. The second-order valence-electron chi connectivity index (χ2n) is 6.30. The quantitative estimate of drug-likeness (QED) is 0.733. The zero-order valence-corrected chi connectivity index (χ0v) is 13.7. The first kappa shape index (κ1) is 15.0. The number of nitrogens with zero attached hydrogens (tertiary/aromatic N) is 6. The average molecular weight is 326 g/mol. The van der Waals surface area contributed by atoms with E-state index in [2.05, 4.69) is 32.0 Å². The molecule has 2 aromatic heterocycles. The van der Waals surface area contributed by atoms with E-state index in [-0.39, 0.29) is 5.82 Å². The number of halogens is 1. The van der Waals surface area contributed by atoms with Crippen molar-refractivity contribution >= 4 is 11.5 Å². The standard InChI is InChI=1S/C17H19FN6/c1-12-20-21-17-16(19-6-7-24(12)17)23-10-15(11-23)22(2)9-13-4-3-5-14(18)8-13/h3-8,15H,9-11H2,1-2H3. The predicted octanol–water partition coefficient (Wildman–Crippen LogP) is 1.89. The average Bonchev–Trinajstić information content (AvgIpc) is 2.88. The first-order chi connectivity index (χ1) is 11.6. The molecule has 0 unspecified atom stereocenters. The van der Waals surface area contributed by atoms with Crippen molar-refractivity contribution in [3.63, 3.8) is 0 Å². The number of anilines is 1. The number of aryl methyl sites for hydroxylation is 1. The summed E-state index contributed by atoms with van der Waals surface area (Å²) in [7, 11) is 2.07. The molecule has 1 aliphatic rings. The highest BCUT2D eigenvalue weighted by atomic mass is 19.1. The van der Waals surface area contributed by atoms with Gasteiger partial charge in [0.15, 0.2) is 5.82 Å². The van der Waals surface area contributed by atoms with Gasteiger partial charge in [0.25, 0.3) is 0 Å². The van der Waals surface area contributed by atoms with E-state index >= 15 is 0 Å². The van der Waals surface area contributed by atoms with E-state index in [0.29, 0.717) is 6.04 Å². The van der Waals surface area contributed by atoms with E-state index in [9.17, 15) is 4.39 Å². The van der Waals surface area contributed by atoms with Gasteiger partial charge >= 0.3 is 0 Å². The van der Waals surface area contributed by atoms with Crippen molar-refractivity contribution in [2.75, 3.05) is 25.0 Å². The molecule has 1 aliphatic heterocycles. The van der Waals surface area contributed by atoms with Crippen LogP contribution in [0.2, 0.25) is 0 Å². The Bertz CT molecular complexity index is 870. The molecule has 3 heterocycles. The lowest BCUT2D eigenvalue weighted by Crippen LogP contribution is -2.58. The zero-order valence-electron chi connectivity index (χ0n) is 13.7. The van der Waals surface area contributed by atoms with Crippen molar-refractivity contribution < 1.29 is 4.39 Å². The maximum atomic E-state index is 13.3. The molecule has 0 atom stereocenters. The molecule has 6 nitrogen and oxygen atoms in total. The van der Waals surface area contributed by atoms with Gasteiger partial charge in [-0.15, -0.1) is 10.2 Å². The third kappa shape index (κ3) is 2.60. The van der Waals surface area contributed by atoms with Gasteiger partial charge in [-0.25, -0.2) is 9.37 Å². The van der Waals surface area contributed by atoms with Crippen LogP contribution in [0.25, 0.3) is 5.65 Å². The van der Waals surface area contributed by atoms with Crippen LogP contribution in [-0.4, -0.2) is 50.7 Å². The molecule has 0 aliphatic carbocycles. The molecule has 124 valence electrons. The minimum atomic E-state index is -0.186. The van der Waals surface area contributed by atoms with Gasteiger partial charge in [0.2, 0.25) is 5.65 Å². The minimum Gasteiger partial charge on any atom is -0.350 e. The molecule has 7 heteroatoms. The zero-order chi connectivity index (χ0) is 16.7. The van der Waals surface area contributed by atoms with Crippen LogP contribution in [0.4, 0.5) is 10.2 Å². The lowest BCUT2D eigenvalue weighted by atomic mass is 10.1. The number of aromatic nitrogens is 4. The van der Waals surface area contributed by atoms with E-state index in [4.69, 9.17) is 0 Å². The number of benzene rings is 1. The molecule has 0 radical (unpaired) electrons. The smallest absolute Gasteiger partial charge is 0.203 e. The highest BCUT2D eigenvalue weighted by molar-refractivity contribution is 5.65. The monoisotopic (exact) mass is 326 g/mol. The third-order valence-corrected chi connectivity index (χ3v) is 4.58. The van der Waals surface area contributed by atoms with Crippen LogP contribution in [0.5, 0.6) is 0 Å². The molecular weight excluding hydrogens is 307 g/mol. The molecule has 0 N–H and O–H groups in total. The topological polar surface area (TPSA) is 49.6 Å². The van der Waals surface area contributed by atoms with E-state index in [1.807, 2.05) is 23.6 Å². The summed E-state index contributed by atoms with van der Waals surface area (Å²) in [5.74, 6) is 1.54. The summed E-state index contributed by atoms with van der Waals surface area (Å²) in [5, 5.41) is 8.34. The summed E-state index contributed by atoms with van der Waals surface area (Å²) < 4.78 is 15.2. The molecule has 24 heavy (non-hydrogen) atoms. The third-order valence-electron chi connectivity index (χ3n) is 4.58. The lowest BCUT2D eigenvalue weighted by Gasteiger charge is -2.44. The van der Waals surface area contributed by atoms with Gasteiger partial charge in [0, 0.05) is 38.1 Å². The minimum absolute atomic E-state index is 0.186. The molecule has 1 aromatic carbocycles. The second kappa shape index (κ2) is 5.83. The van der Waals surface area contributed by atoms with Crippen molar-refractivity contribution in [3.8, 4) is 0 Å². The summed E-state index contributed by atoms with van der Waals surface area (Å²) in [5.41, 5.74) is 1.78. The van der Waals surface area contributed by atoms with Gasteiger partial charge in [-0.3, -0.25) is 9.30 Å². The Labute approximate surface area is 139 Å². The van der Waals surface area contributed by atoms with Gasteiger partial charge in [-0.1, -0.05) is 12.1 Å². The van der Waals surface area contributed by atoms with Crippen LogP contribution < -0.4 is 4.90 Å². The Morgan fingerprint density at radius 1 is 1.29 bits per heavy atom.